The van der Waals surface area contributed by atoms with Gasteiger partial charge in [-0.25, -0.2) is 0 Å². The average molecular weight is 496 g/mol. The summed E-state index contributed by atoms with van der Waals surface area (Å²) in [5, 5.41) is 9.50. The second kappa shape index (κ2) is 10.7. The number of benzene rings is 1. The van der Waals surface area contributed by atoms with Crippen molar-refractivity contribution in [1.82, 2.24) is 24.6 Å². The Morgan fingerprint density at radius 1 is 1.17 bits per heavy atom. The predicted molar refractivity (Wildman–Crippen MR) is 132 cm³/mol. The number of methoxy groups -OCH3 is 1. The molecular weight excluding hydrogens is 466 g/mol. The van der Waals surface area contributed by atoms with Crippen LogP contribution in [0.2, 0.25) is 0 Å². The van der Waals surface area contributed by atoms with Gasteiger partial charge in [-0.05, 0) is 56.0 Å². The first-order valence-electron chi connectivity index (χ1n) is 12.0. The summed E-state index contributed by atoms with van der Waals surface area (Å²) in [6.07, 6.45) is 5.80. The van der Waals surface area contributed by atoms with Crippen molar-refractivity contribution < 1.29 is 19.1 Å². The number of carbonyl (C=O) groups is 2. The van der Waals surface area contributed by atoms with Crippen molar-refractivity contribution in [3.05, 3.63) is 47.8 Å². The lowest BCUT2D eigenvalue weighted by Gasteiger charge is -2.14. The van der Waals surface area contributed by atoms with Gasteiger partial charge in [-0.15, -0.1) is 10.2 Å². The van der Waals surface area contributed by atoms with Crippen molar-refractivity contribution in [2.45, 2.75) is 43.5 Å². The third kappa shape index (κ3) is 5.28. The Labute approximate surface area is 208 Å². The van der Waals surface area contributed by atoms with E-state index in [0.29, 0.717) is 23.0 Å². The molecule has 2 saturated heterocycles. The van der Waals surface area contributed by atoms with Gasteiger partial charge in [-0.2, -0.15) is 0 Å². The second-order valence-corrected chi connectivity index (χ2v) is 9.74. The van der Waals surface area contributed by atoms with Gasteiger partial charge < -0.3 is 19.4 Å². The fraction of sp³-hybridized carbons (Fsp3) is 0.440. The van der Waals surface area contributed by atoms with E-state index in [1.807, 2.05) is 33.7 Å². The lowest BCUT2D eigenvalue weighted by molar-refractivity contribution is 0.0787. The molecule has 1 N–H and O–H groups in total. The molecular formula is C25H29N5O4S. The number of Topliss-reactive ketones (excluding diaryl/α,β-unsaturated/α-hetero) is 1. The van der Waals surface area contributed by atoms with Crippen LogP contribution in [0.3, 0.4) is 0 Å². The summed E-state index contributed by atoms with van der Waals surface area (Å²) in [5.74, 6) is 1.59. The molecule has 9 nitrogen and oxygen atoms in total. The first-order chi connectivity index (χ1) is 17.1. The van der Waals surface area contributed by atoms with Crippen molar-refractivity contribution in [1.29, 1.82) is 0 Å². The highest BCUT2D eigenvalue weighted by atomic mass is 32.2. The van der Waals surface area contributed by atoms with Gasteiger partial charge in [0, 0.05) is 37.0 Å². The largest absolute Gasteiger partial charge is 0.497 e. The lowest BCUT2D eigenvalue weighted by Crippen LogP contribution is -2.27. The van der Waals surface area contributed by atoms with Crippen LogP contribution < -0.4 is 4.74 Å². The maximum Gasteiger partial charge on any atom is 0.270 e. The summed E-state index contributed by atoms with van der Waals surface area (Å²) in [5.41, 5.74) is 1.88. The molecule has 2 aromatic heterocycles. The molecule has 0 radical (unpaired) electrons. The molecule has 0 unspecified atom stereocenters. The third-order valence-corrected chi connectivity index (χ3v) is 7.40. The molecule has 184 valence electrons. The van der Waals surface area contributed by atoms with Crippen molar-refractivity contribution in [2.75, 3.05) is 32.6 Å². The number of thioether (sulfide) groups is 1. The number of ether oxygens (including phenoxy) is 2. The van der Waals surface area contributed by atoms with Gasteiger partial charge in [0.05, 0.1) is 25.5 Å². The quantitative estimate of drug-likeness (QED) is 0.357. The molecule has 1 atom stereocenters. The van der Waals surface area contributed by atoms with Crippen molar-refractivity contribution in [3.8, 4) is 17.1 Å². The monoisotopic (exact) mass is 495 g/mol. The highest BCUT2D eigenvalue weighted by Crippen LogP contribution is 2.28. The van der Waals surface area contributed by atoms with Gasteiger partial charge in [-0.1, -0.05) is 11.8 Å². The van der Waals surface area contributed by atoms with Crippen LogP contribution in [0.25, 0.3) is 11.4 Å². The number of aromatic amines is 1. The van der Waals surface area contributed by atoms with Gasteiger partial charge in [0.25, 0.3) is 5.91 Å². The summed E-state index contributed by atoms with van der Waals surface area (Å²) < 4.78 is 13.2. The van der Waals surface area contributed by atoms with E-state index in [4.69, 9.17) is 9.47 Å². The molecule has 0 saturated carbocycles. The van der Waals surface area contributed by atoms with Crippen LogP contribution in [0.15, 0.2) is 41.7 Å². The van der Waals surface area contributed by atoms with Crippen LogP contribution in [-0.2, 0) is 11.3 Å². The predicted octanol–water partition coefficient (Wildman–Crippen LogP) is 3.67. The standard InChI is InChI=1S/C25H29N5O4S/c1-33-19-8-6-17(7-9-19)23-27-28-25(30(23)15-20-5-4-12-34-20)35-16-22(31)18-13-21(26-14-18)24(32)29-10-2-3-11-29/h6-9,13-14,20,26H,2-5,10-12,15-16H2,1H3/t20-/m0/s1. The zero-order chi connectivity index (χ0) is 24.2. The lowest BCUT2D eigenvalue weighted by atomic mass is 10.2. The molecule has 10 heteroatoms. The molecule has 2 aliphatic rings. The Hall–Kier alpha value is -3.11. The minimum absolute atomic E-state index is 0.0466. The van der Waals surface area contributed by atoms with Crippen LogP contribution in [0.4, 0.5) is 0 Å². The SMILES string of the molecule is COc1ccc(-c2nnc(SCC(=O)c3c[nH]c(C(=O)N4CCCC4)c3)n2C[C@@H]2CCCO2)cc1. The molecule has 0 spiro atoms. The van der Waals surface area contributed by atoms with Gasteiger partial charge in [0.2, 0.25) is 0 Å². The molecule has 3 aromatic rings. The minimum Gasteiger partial charge on any atom is -0.497 e. The number of carbonyl (C=O) groups excluding carboxylic acids is 2. The Kier molecular flexibility index (Phi) is 7.19. The molecule has 5 rings (SSSR count). The van der Waals surface area contributed by atoms with Crippen molar-refractivity contribution in [3.63, 3.8) is 0 Å². The number of nitrogens with zero attached hydrogens (tertiary/aromatic N) is 4. The third-order valence-electron chi connectivity index (χ3n) is 6.44. The zero-order valence-corrected chi connectivity index (χ0v) is 20.6. The maximum absolute atomic E-state index is 12.9. The number of aromatic nitrogens is 4. The van der Waals surface area contributed by atoms with Crippen LogP contribution in [0.5, 0.6) is 5.75 Å². The Balaban J connectivity index is 1.30. The van der Waals surface area contributed by atoms with E-state index < -0.39 is 0 Å². The molecule has 0 aliphatic carbocycles. The molecule has 4 heterocycles. The summed E-state index contributed by atoms with van der Waals surface area (Å²) in [6.45, 7) is 2.93. The summed E-state index contributed by atoms with van der Waals surface area (Å²) in [6, 6.07) is 9.34. The number of ketones is 1. The van der Waals surface area contributed by atoms with Crippen molar-refractivity contribution >= 4 is 23.5 Å². The number of amides is 1. The topological polar surface area (TPSA) is 102 Å². The van der Waals surface area contributed by atoms with E-state index in [9.17, 15) is 9.59 Å². The molecule has 1 amide bonds. The molecule has 1 aromatic carbocycles. The summed E-state index contributed by atoms with van der Waals surface area (Å²) >= 11 is 1.35. The van der Waals surface area contributed by atoms with Gasteiger partial charge in [0.15, 0.2) is 16.8 Å². The van der Waals surface area contributed by atoms with Crippen LogP contribution in [-0.4, -0.2) is 75.0 Å². The Bertz CT molecular complexity index is 1180. The van der Waals surface area contributed by atoms with E-state index in [1.54, 1.807) is 19.4 Å². The fourth-order valence-corrected chi connectivity index (χ4v) is 5.33. The van der Waals surface area contributed by atoms with Crippen LogP contribution in [0, 0.1) is 0 Å². The number of hydrogen-bond donors (Lipinski definition) is 1. The molecule has 0 bridgehead atoms. The normalized spacial score (nSPS) is 17.7. The molecule has 2 aliphatic heterocycles. The zero-order valence-electron chi connectivity index (χ0n) is 19.7. The van der Waals surface area contributed by atoms with Crippen LogP contribution in [0.1, 0.15) is 46.5 Å². The first-order valence-corrected chi connectivity index (χ1v) is 12.9. The summed E-state index contributed by atoms with van der Waals surface area (Å²) in [7, 11) is 1.64. The number of likely N-dealkylation sites (tertiary alicyclic amines) is 1. The van der Waals surface area contributed by atoms with Gasteiger partial charge in [-0.3, -0.25) is 14.2 Å². The number of rotatable bonds is 9. The van der Waals surface area contributed by atoms with Crippen molar-refractivity contribution in [2.24, 2.45) is 0 Å². The number of nitrogens with one attached hydrogen (secondary N) is 1. The Morgan fingerprint density at radius 3 is 2.69 bits per heavy atom. The number of hydrogen-bond acceptors (Lipinski definition) is 7. The van der Waals surface area contributed by atoms with E-state index in [-0.39, 0.29) is 23.5 Å². The van der Waals surface area contributed by atoms with Gasteiger partial charge in [0.1, 0.15) is 11.4 Å². The van der Waals surface area contributed by atoms with E-state index in [2.05, 4.69) is 15.2 Å². The minimum atomic E-state index is -0.0654. The van der Waals surface area contributed by atoms with Gasteiger partial charge >= 0.3 is 0 Å². The number of H-pyrrole nitrogens is 1. The molecule has 35 heavy (non-hydrogen) atoms. The van der Waals surface area contributed by atoms with E-state index in [1.165, 1.54) is 11.8 Å². The highest BCUT2D eigenvalue weighted by molar-refractivity contribution is 7.99. The summed E-state index contributed by atoms with van der Waals surface area (Å²) in [4.78, 5) is 30.3. The smallest absolute Gasteiger partial charge is 0.270 e. The average Bonchev–Trinajstić information content (AvgIpc) is 3.70. The second-order valence-electron chi connectivity index (χ2n) is 8.79. The first kappa shape index (κ1) is 23.6. The van der Waals surface area contributed by atoms with Crippen LogP contribution >= 0.6 is 11.8 Å². The maximum atomic E-state index is 12.9. The Morgan fingerprint density at radius 2 is 1.97 bits per heavy atom. The highest BCUT2D eigenvalue weighted by Gasteiger charge is 2.24. The fourth-order valence-electron chi connectivity index (χ4n) is 4.49. The molecule has 2 fully saturated rings. The van der Waals surface area contributed by atoms with E-state index >= 15 is 0 Å². The van der Waals surface area contributed by atoms with E-state index in [0.717, 1.165) is 62.5 Å².